The number of halogens is 1. The Kier molecular flexibility index (Phi) is 10.0. The van der Waals surface area contributed by atoms with Crippen molar-refractivity contribution in [1.29, 1.82) is 0 Å². The number of ether oxygens (including phenoxy) is 1. The maximum absolute atomic E-state index is 13.0. The van der Waals surface area contributed by atoms with E-state index >= 15 is 0 Å². The van der Waals surface area contributed by atoms with Gasteiger partial charge < -0.3 is 19.5 Å². The smallest absolute Gasteiger partial charge is 0.251 e. The Morgan fingerprint density at radius 1 is 1.02 bits per heavy atom. The molecule has 1 saturated heterocycles. The Labute approximate surface area is 303 Å². The molecule has 2 aromatic carbocycles. The number of hydrogen-bond donors (Lipinski definition) is 1. The van der Waals surface area contributed by atoms with E-state index in [1.54, 1.807) is 5.57 Å². The number of anilines is 1. The van der Waals surface area contributed by atoms with E-state index in [1.807, 2.05) is 24.4 Å². The average Bonchev–Trinajstić information content (AvgIpc) is 3.50. The van der Waals surface area contributed by atoms with Gasteiger partial charge in [0, 0.05) is 93.9 Å². The number of amides is 1. The van der Waals surface area contributed by atoms with Gasteiger partial charge in [-0.1, -0.05) is 62.8 Å². The van der Waals surface area contributed by atoms with Gasteiger partial charge in [-0.15, -0.1) is 0 Å². The molecule has 4 aromatic rings. The Balaban J connectivity index is 1.04. The predicted molar refractivity (Wildman–Crippen MR) is 209 cm³/mol. The highest BCUT2D eigenvalue weighted by Gasteiger charge is 2.31. The number of fused-ring (bicyclic) bond motifs is 2. The minimum Gasteiger partial charge on any atom is -0.369 e. The van der Waals surface area contributed by atoms with E-state index in [0.717, 1.165) is 91.0 Å². The number of nitrogens with zero attached hydrogens (tertiary/aromatic N) is 4. The normalized spacial score (nSPS) is 19.9. The third-order valence-electron chi connectivity index (χ3n) is 10.9. The summed E-state index contributed by atoms with van der Waals surface area (Å²) in [4.78, 5) is 23.0. The first-order valence-corrected chi connectivity index (χ1v) is 22.4. The van der Waals surface area contributed by atoms with Crippen LogP contribution in [0.3, 0.4) is 0 Å². The Morgan fingerprint density at radius 2 is 1.80 bits per heavy atom. The molecule has 1 unspecified atom stereocenters. The van der Waals surface area contributed by atoms with Gasteiger partial charge in [0.2, 0.25) is 0 Å². The molecule has 264 valence electrons. The molecule has 1 amide bonds. The Bertz CT molecular complexity index is 1890. The molecule has 0 radical (unpaired) electrons. The van der Waals surface area contributed by atoms with Gasteiger partial charge in [0.05, 0.1) is 0 Å². The van der Waals surface area contributed by atoms with Crippen LogP contribution in [-0.4, -0.2) is 74.3 Å². The maximum atomic E-state index is 13.0. The van der Waals surface area contributed by atoms with Crippen molar-refractivity contribution in [2.45, 2.75) is 71.4 Å². The number of aromatic nitrogens is 2. The fourth-order valence-corrected chi connectivity index (χ4v) is 8.65. The monoisotopic (exact) mass is 709 g/mol. The molecule has 7 nitrogen and oxygen atoms in total. The van der Waals surface area contributed by atoms with Gasteiger partial charge in [0.15, 0.2) is 0 Å². The number of carbonyl (C=O) groups excluding carboxylic acids is 1. The molecule has 50 heavy (non-hydrogen) atoms. The van der Waals surface area contributed by atoms with Crippen LogP contribution in [0.1, 0.15) is 66.1 Å². The zero-order valence-electron chi connectivity index (χ0n) is 30.4. The van der Waals surface area contributed by atoms with Crippen molar-refractivity contribution in [3.8, 4) is 0 Å². The number of nitrogens with one attached hydrogen (secondary N) is 1. The second kappa shape index (κ2) is 14.3. The van der Waals surface area contributed by atoms with Crippen LogP contribution in [0.4, 0.5) is 5.69 Å². The largest absolute Gasteiger partial charge is 0.369 e. The van der Waals surface area contributed by atoms with Crippen LogP contribution >= 0.6 is 11.6 Å². The van der Waals surface area contributed by atoms with Crippen molar-refractivity contribution in [2.24, 2.45) is 5.41 Å². The zero-order valence-corrected chi connectivity index (χ0v) is 32.2. The molecule has 2 aliphatic heterocycles. The number of benzene rings is 2. The predicted octanol–water partition coefficient (Wildman–Crippen LogP) is 8.66. The molecule has 4 heterocycles. The molecule has 2 aromatic heterocycles. The van der Waals surface area contributed by atoms with E-state index < -0.39 is 8.07 Å². The third kappa shape index (κ3) is 7.89. The highest BCUT2D eigenvalue weighted by atomic mass is 35.5. The highest BCUT2D eigenvalue weighted by Crippen LogP contribution is 2.43. The highest BCUT2D eigenvalue weighted by molar-refractivity contribution is 6.76. The summed E-state index contributed by atoms with van der Waals surface area (Å²) in [5, 5.41) is 5.02. The summed E-state index contributed by atoms with van der Waals surface area (Å²) in [5.74, 6) is 0.0506. The van der Waals surface area contributed by atoms with E-state index in [-0.39, 0.29) is 11.8 Å². The molecule has 3 aliphatic rings. The first-order chi connectivity index (χ1) is 23.9. The van der Waals surface area contributed by atoms with Crippen LogP contribution in [-0.2, 0) is 11.5 Å². The molecule has 1 fully saturated rings. The number of hydrogen-bond acceptors (Lipinski definition) is 5. The first kappa shape index (κ1) is 35.0. The lowest BCUT2D eigenvalue weighted by Crippen LogP contribution is -2.47. The summed E-state index contributed by atoms with van der Waals surface area (Å²) in [6.07, 6.45) is 7.53. The van der Waals surface area contributed by atoms with Crippen LogP contribution in [0.2, 0.25) is 30.7 Å². The van der Waals surface area contributed by atoms with Gasteiger partial charge >= 0.3 is 0 Å². The molecular formula is C41H52ClN5O2Si. The van der Waals surface area contributed by atoms with Crippen LogP contribution in [0, 0.1) is 5.41 Å². The zero-order chi connectivity index (χ0) is 35.0. The third-order valence-corrected chi connectivity index (χ3v) is 12.9. The van der Waals surface area contributed by atoms with E-state index in [9.17, 15) is 4.79 Å². The fraction of sp³-hybridized carbons (Fsp3) is 0.463. The fourth-order valence-electron chi connectivity index (χ4n) is 7.77. The van der Waals surface area contributed by atoms with E-state index in [4.69, 9.17) is 21.3 Å². The molecule has 0 spiro atoms. The van der Waals surface area contributed by atoms with Crippen molar-refractivity contribution in [1.82, 2.24) is 19.8 Å². The van der Waals surface area contributed by atoms with E-state index in [2.05, 4.69) is 95.8 Å². The molecule has 1 atom stereocenters. The molecule has 0 saturated carbocycles. The number of pyridine rings is 1. The maximum Gasteiger partial charge on any atom is 0.251 e. The molecule has 9 heteroatoms. The second-order valence-electron chi connectivity index (χ2n) is 16.5. The van der Waals surface area contributed by atoms with E-state index in [1.165, 1.54) is 23.2 Å². The summed E-state index contributed by atoms with van der Waals surface area (Å²) < 4.78 is 8.10. The quantitative estimate of drug-likeness (QED) is 0.132. The van der Waals surface area contributed by atoms with Crippen LogP contribution < -0.4 is 10.2 Å². The van der Waals surface area contributed by atoms with Crippen LogP contribution in [0.15, 0.2) is 72.6 Å². The Hall–Kier alpha value is -3.43. The molecule has 1 N–H and O–H groups in total. The van der Waals surface area contributed by atoms with Crippen molar-refractivity contribution in [3.63, 3.8) is 0 Å². The minimum atomic E-state index is -1.13. The van der Waals surface area contributed by atoms with Crippen molar-refractivity contribution < 1.29 is 9.53 Å². The van der Waals surface area contributed by atoms with Crippen molar-refractivity contribution >= 4 is 47.9 Å². The van der Waals surface area contributed by atoms with Gasteiger partial charge in [-0.2, -0.15) is 0 Å². The summed E-state index contributed by atoms with van der Waals surface area (Å²) in [6, 6.07) is 20.3. The molecule has 1 aliphatic carbocycles. The standard InChI is InChI=1S/C41H52ClN5O2Si/c1-41(2)14-12-31(37(24-41)29-6-8-33(42)9-7-29)27-45-16-18-46(19-17-45)34-10-11-35-36(23-34)38(26-44-40(35)48)32-22-30-13-15-47(39(30)43-25-32)28-49-20-21-50(3,4)5/h6-11,13,15,22-23,25,38H,12,14,16-21,24,26-28H2,1-5H3,(H,44,48). The first-order valence-electron chi connectivity index (χ1n) is 18.3. The summed E-state index contributed by atoms with van der Waals surface area (Å²) in [5.41, 5.74) is 9.82. The molecule has 0 bridgehead atoms. The summed E-state index contributed by atoms with van der Waals surface area (Å²) >= 11 is 6.24. The van der Waals surface area contributed by atoms with Gasteiger partial charge in [0.1, 0.15) is 12.4 Å². The average molecular weight is 710 g/mol. The number of rotatable bonds is 10. The van der Waals surface area contributed by atoms with Crippen LogP contribution in [0.5, 0.6) is 0 Å². The van der Waals surface area contributed by atoms with Gasteiger partial charge in [-0.3, -0.25) is 9.69 Å². The number of allylic oxidation sites excluding steroid dienone is 1. The van der Waals surface area contributed by atoms with Gasteiger partial charge in [0.25, 0.3) is 5.91 Å². The van der Waals surface area contributed by atoms with E-state index in [0.29, 0.717) is 18.7 Å². The lowest BCUT2D eigenvalue weighted by atomic mass is 9.72. The summed E-state index contributed by atoms with van der Waals surface area (Å²) in [6.45, 7) is 18.7. The van der Waals surface area contributed by atoms with Crippen molar-refractivity contribution in [3.05, 3.63) is 99.8 Å². The molecule has 7 rings (SSSR count). The SMILES string of the molecule is CC1(C)CCC(CN2CCN(c3ccc4c(c3)C(c3cnc5c(ccn5COCC[Si](C)(C)C)c3)CNC4=O)CC2)=C(c2ccc(Cl)cc2)C1. The number of piperazine rings is 1. The van der Waals surface area contributed by atoms with Crippen molar-refractivity contribution in [2.75, 3.05) is 50.8 Å². The topological polar surface area (TPSA) is 62.6 Å². The lowest BCUT2D eigenvalue weighted by molar-refractivity contribution is 0.0898. The van der Waals surface area contributed by atoms with Gasteiger partial charge in [-0.05, 0) is 95.4 Å². The lowest BCUT2D eigenvalue weighted by Gasteiger charge is -2.39. The Morgan fingerprint density at radius 3 is 2.56 bits per heavy atom. The van der Waals surface area contributed by atoms with Gasteiger partial charge in [-0.25, -0.2) is 4.98 Å². The number of carbonyl (C=O) groups is 1. The second-order valence-corrected chi connectivity index (χ2v) is 22.6. The van der Waals surface area contributed by atoms with Crippen LogP contribution in [0.25, 0.3) is 16.6 Å². The minimum absolute atomic E-state index is 0.00343. The molecular weight excluding hydrogens is 658 g/mol. The summed E-state index contributed by atoms with van der Waals surface area (Å²) in [7, 11) is -1.13.